The molecule has 4 nitrogen and oxygen atoms in total. The van der Waals surface area contributed by atoms with Crippen molar-refractivity contribution in [2.24, 2.45) is 16.6 Å². The fourth-order valence-corrected chi connectivity index (χ4v) is 2.49. The number of nitrogens with zero attached hydrogens (tertiary/aromatic N) is 1. The van der Waals surface area contributed by atoms with Gasteiger partial charge in [-0.1, -0.05) is 13.8 Å². The number of hydrogen-bond donors (Lipinski definition) is 2. The first-order valence-corrected chi connectivity index (χ1v) is 7.12. The summed E-state index contributed by atoms with van der Waals surface area (Å²) >= 11 is 6.87. The van der Waals surface area contributed by atoms with Gasteiger partial charge in [-0.3, -0.25) is 4.99 Å². The van der Waals surface area contributed by atoms with Crippen molar-refractivity contribution in [3.63, 3.8) is 0 Å². The second-order valence-corrected chi connectivity index (χ2v) is 5.92. The lowest BCUT2D eigenvalue weighted by Gasteiger charge is -2.11. The quantitative estimate of drug-likeness (QED) is 0.621. The van der Waals surface area contributed by atoms with Gasteiger partial charge in [0.25, 0.3) is 0 Å². The third-order valence-corrected chi connectivity index (χ3v) is 3.41. The van der Waals surface area contributed by atoms with E-state index in [0.717, 1.165) is 20.4 Å². The molecule has 0 aromatic heterocycles. The molecule has 0 unspecified atom stereocenters. The van der Waals surface area contributed by atoms with Crippen molar-refractivity contribution in [2.75, 3.05) is 19.0 Å². The van der Waals surface area contributed by atoms with Crippen LogP contribution in [-0.4, -0.2) is 19.6 Å². The third-order valence-electron chi connectivity index (χ3n) is 2.13. The van der Waals surface area contributed by atoms with Gasteiger partial charge >= 0.3 is 0 Å². The highest BCUT2D eigenvalue weighted by molar-refractivity contribution is 9.11. The Labute approximate surface area is 124 Å². The van der Waals surface area contributed by atoms with E-state index in [1.807, 2.05) is 12.1 Å². The highest BCUT2D eigenvalue weighted by atomic mass is 79.9. The van der Waals surface area contributed by atoms with Crippen LogP contribution in [0.5, 0.6) is 5.75 Å². The Bertz CT molecular complexity index is 447. The van der Waals surface area contributed by atoms with Gasteiger partial charge in [-0.15, -0.1) is 0 Å². The highest BCUT2D eigenvalue weighted by Crippen LogP contribution is 2.34. The number of nitrogens with one attached hydrogen (secondary N) is 1. The maximum Gasteiger partial charge on any atom is 0.193 e. The number of halogens is 2. The van der Waals surface area contributed by atoms with E-state index in [9.17, 15) is 0 Å². The Balaban J connectivity index is 2.87. The van der Waals surface area contributed by atoms with Crippen LogP contribution in [0.2, 0.25) is 0 Å². The van der Waals surface area contributed by atoms with Crippen molar-refractivity contribution in [1.82, 2.24) is 0 Å². The molecule has 0 spiro atoms. The van der Waals surface area contributed by atoms with Crippen LogP contribution in [0.4, 0.5) is 5.69 Å². The predicted octanol–water partition coefficient (Wildman–Crippen LogP) is 3.60. The van der Waals surface area contributed by atoms with E-state index in [0.29, 0.717) is 18.4 Å². The number of aliphatic imine (C=N–C) groups is 1. The molecule has 0 amide bonds. The summed E-state index contributed by atoms with van der Waals surface area (Å²) in [7, 11) is 1.62. The molecule has 6 heteroatoms. The number of rotatable bonds is 4. The first-order valence-electron chi connectivity index (χ1n) is 5.54. The van der Waals surface area contributed by atoms with Crippen LogP contribution in [0.3, 0.4) is 0 Å². The molecule has 100 valence electrons. The fourth-order valence-electron chi connectivity index (χ4n) is 1.24. The molecule has 0 aliphatic carbocycles. The lowest BCUT2D eigenvalue weighted by molar-refractivity contribution is 0.412. The Hall–Kier alpha value is -0.750. The van der Waals surface area contributed by atoms with Gasteiger partial charge in [-0.2, -0.15) is 0 Å². The van der Waals surface area contributed by atoms with Gasteiger partial charge in [0, 0.05) is 17.1 Å². The van der Waals surface area contributed by atoms with Crippen LogP contribution < -0.4 is 15.8 Å². The Kier molecular flexibility index (Phi) is 5.95. The van der Waals surface area contributed by atoms with Crippen molar-refractivity contribution < 1.29 is 4.74 Å². The van der Waals surface area contributed by atoms with Crippen molar-refractivity contribution in [3.05, 3.63) is 21.1 Å². The molecule has 1 aromatic rings. The Morgan fingerprint density at radius 3 is 2.61 bits per heavy atom. The molecule has 0 bridgehead atoms. The van der Waals surface area contributed by atoms with E-state index >= 15 is 0 Å². The van der Waals surface area contributed by atoms with Crippen LogP contribution >= 0.6 is 31.9 Å². The molecule has 0 saturated carbocycles. The Morgan fingerprint density at radius 1 is 1.39 bits per heavy atom. The Morgan fingerprint density at radius 2 is 2.06 bits per heavy atom. The average Bonchev–Trinajstić information content (AvgIpc) is 2.30. The smallest absolute Gasteiger partial charge is 0.193 e. The second-order valence-electron chi connectivity index (χ2n) is 4.21. The van der Waals surface area contributed by atoms with Crippen LogP contribution in [0, 0.1) is 5.92 Å². The van der Waals surface area contributed by atoms with Crippen LogP contribution in [-0.2, 0) is 0 Å². The normalized spacial score (nSPS) is 11.8. The second kappa shape index (κ2) is 6.99. The minimum atomic E-state index is 0.397. The van der Waals surface area contributed by atoms with Gasteiger partial charge in [0.15, 0.2) is 5.96 Å². The number of ether oxygens (including phenoxy) is 1. The van der Waals surface area contributed by atoms with Crippen molar-refractivity contribution in [2.45, 2.75) is 13.8 Å². The van der Waals surface area contributed by atoms with E-state index in [1.54, 1.807) is 7.11 Å². The number of hydrogen-bond acceptors (Lipinski definition) is 2. The van der Waals surface area contributed by atoms with E-state index < -0.39 is 0 Å². The molecular weight excluding hydrogens is 362 g/mol. The minimum Gasteiger partial charge on any atom is -0.495 e. The molecule has 0 heterocycles. The van der Waals surface area contributed by atoms with Crippen LogP contribution in [0.15, 0.2) is 26.1 Å². The summed E-state index contributed by atoms with van der Waals surface area (Å²) in [4.78, 5) is 4.25. The van der Waals surface area contributed by atoms with Gasteiger partial charge in [-0.05, 0) is 43.8 Å². The average molecular weight is 379 g/mol. The van der Waals surface area contributed by atoms with E-state index in [4.69, 9.17) is 10.5 Å². The summed E-state index contributed by atoms with van der Waals surface area (Å²) in [5, 5.41) is 3.05. The summed E-state index contributed by atoms with van der Waals surface area (Å²) in [6.07, 6.45) is 0. The summed E-state index contributed by atoms with van der Waals surface area (Å²) in [5.41, 5.74) is 6.64. The zero-order chi connectivity index (χ0) is 13.7. The van der Waals surface area contributed by atoms with Gasteiger partial charge in [0.1, 0.15) is 5.75 Å². The molecule has 0 aliphatic rings. The van der Waals surface area contributed by atoms with Crippen molar-refractivity contribution in [1.29, 1.82) is 0 Å². The molecular formula is C12H17Br2N3O. The fraction of sp³-hybridized carbons (Fsp3) is 0.417. The van der Waals surface area contributed by atoms with Gasteiger partial charge < -0.3 is 15.8 Å². The van der Waals surface area contributed by atoms with Crippen LogP contribution in [0.25, 0.3) is 0 Å². The largest absolute Gasteiger partial charge is 0.495 e. The number of guanidine groups is 1. The van der Waals surface area contributed by atoms with Gasteiger partial charge in [-0.25, -0.2) is 0 Å². The maximum atomic E-state index is 5.82. The monoisotopic (exact) mass is 377 g/mol. The third kappa shape index (κ3) is 4.49. The zero-order valence-electron chi connectivity index (χ0n) is 10.6. The van der Waals surface area contributed by atoms with Crippen LogP contribution in [0.1, 0.15) is 13.8 Å². The zero-order valence-corrected chi connectivity index (χ0v) is 13.8. The number of anilines is 1. The molecule has 0 radical (unpaired) electrons. The van der Waals surface area contributed by atoms with E-state index in [2.05, 4.69) is 56.0 Å². The summed E-state index contributed by atoms with van der Waals surface area (Å²) < 4.78 is 6.99. The first kappa shape index (κ1) is 15.3. The highest BCUT2D eigenvalue weighted by Gasteiger charge is 2.07. The maximum absolute atomic E-state index is 5.82. The number of methoxy groups -OCH3 is 1. The minimum absolute atomic E-state index is 0.397. The molecule has 3 N–H and O–H groups in total. The van der Waals surface area contributed by atoms with Crippen molar-refractivity contribution in [3.8, 4) is 5.75 Å². The molecule has 18 heavy (non-hydrogen) atoms. The SMILES string of the molecule is COc1cc(NC(N)=NCC(C)C)c(Br)cc1Br. The molecule has 0 fully saturated rings. The summed E-state index contributed by atoms with van der Waals surface area (Å²) in [5.74, 6) is 1.61. The standard InChI is InChI=1S/C12H17Br2N3O/c1-7(2)6-16-12(15)17-10-5-11(18-3)9(14)4-8(10)13/h4-5,7H,6H2,1-3H3,(H3,15,16,17). The topological polar surface area (TPSA) is 59.6 Å². The first-order chi connectivity index (χ1) is 8.43. The number of nitrogens with two attached hydrogens (primary N) is 1. The van der Waals surface area contributed by atoms with Crippen molar-refractivity contribution >= 4 is 43.5 Å². The predicted molar refractivity (Wildman–Crippen MR) is 83.3 cm³/mol. The summed E-state index contributed by atoms with van der Waals surface area (Å²) in [6.45, 7) is 4.88. The molecule has 1 rings (SSSR count). The molecule has 1 aromatic carbocycles. The molecule has 0 aliphatic heterocycles. The van der Waals surface area contributed by atoms with Gasteiger partial charge in [0.2, 0.25) is 0 Å². The lowest BCUT2D eigenvalue weighted by atomic mass is 10.2. The van der Waals surface area contributed by atoms with E-state index in [1.165, 1.54) is 0 Å². The number of benzene rings is 1. The summed E-state index contributed by atoms with van der Waals surface area (Å²) in [6, 6.07) is 3.75. The van der Waals surface area contributed by atoms with E-state index in [-0.39, 0.29) is 0 Å². The van der Waals surface area contributed by atoms with Gasteiger partial charge in [0.05, 0.1) is 17.3 Å². The lowest BCUT2D eigenvalue weighted by Crippen LogP contribution is -2.23. The molecule has 0 saturated heterocycles. The molecule has 0 atom stereocenters.